The van der Waals surface area contributed by atoms with E-state index in [-0.39, 0.29) is 11.2 Å². The fraction of sp³-hybridized carbons (Fsp3) is 0.647. The number of halogens is 1. The van der Waals surface area contributed by atoms with Crippen LogP contribution in [0, 0.1) is 11.2 Å². The Labute approximate surface area is 121 Å². The van der Waals surface area contributed by atoms with Gasteiger partial charge in [0, 0.05) is 25.0 Å². The van der Waals surface area contributed by atoms with Gasteiger partial charge in [0.15, 0.2) is 0 Å². The van der Waals surface area contributed by atoms with Crippen molar-refractivity contribution in [2.45, 2.75) is 32.1 Å². The number of hydrogen-bond donors (Lipinski definition) is 1. The van der Waals surface area contributed by atoms with Gasteiger partial charge in [-0.2, -0.15) is 0 Å². The molecule has 3 heteroatoms. The molecule has 0 aliphatic carbocycles. The standard InChI is InChI=1S/C17H25FN2/c1-16(7-9-19-11-16)12-20-10-8-17(2,13-20)14-3-5-15(18)6-4-14/h3-6,19H,7-13H2,1-2H3. The molecule has 1 aromatic carbocycles. The van der Waals surface area contributed by atoms with Crippen molar-refractivity contribution in [3.63, 3.8) is 0 Å². The van der Waals surface area contributed by atoms with Crippen LogP contribution in [0.2, 0.25) is 0 Å². The van der Waals surface area contributed by atoms with Crippen LogP contribution in [0.3, 0.4) is 0 Å². The van der Waals surface area contributed by atoms with Gasteiger partial charge < -0.3 is 10.2 Å². The van der Waals surface area contributed by atoms with Gasteiger partial charge in [0.25, 0.3) is 0 Å². The Morgan fingerprint density at radius 1 is 1.20 bits per heavy atom. The van der Waals surface area contributed by atoms with Crippen molar-refractivity contribution in [3.05, 3.63) is 35.6 Å². The summed E-state index contributed by atoms with van der Waals surface area (Å²) in [5.74, 6) is -0.142. The molecule has 2 atom stereocenters. The number of rotatable bonds is 3. The van der Waals surface area contributed by atoms with Gasteiger partial charge in [0.2, 0.25) is 0 Å². The van der Waals surface area contributed by atoms with E-state index in [1.165, 1.54) is 24.9 Å². The number of hydrogen-bond acceptors (Lipinski definition) is 2. The predicted octanol–water partition coefficient (Wildman–Crippen LogP) is 2.79. The molecule has 0 aromatic heterocycles. The maximum absolute atomic E-state index is 13.1. The first kappa shape index (κ1) is 14.0. The average molecular weight is 276 g/mol. The van der Waals surface area contributed by atoms with Crippen LogP contribution < -0.4 is 5.32 Å². The minimum atomic E-state index is -0.142. The monoisotopic (exact) mass is 276 g/mol. The van der Waals surface area contributed by atoms with Gasteiger partial charge in [0.1, 0.15) is 5.82 Å². The second-order valence-electron chi connectivity index (χ2n) is 7.27. The van der Waals surface area contributed by atoms with Gasteiger partial charge in [-0.1, -0.05) is 26.0 Å². The molecule has 2 aliphatic rings. The first-order valence-corrected chi connectivity index (χ1v) is 7.68. The molecule has 0 bridgehead atoms. The van der Waals surface area contributed by atoms with Crippen LogP contribution in [-0.2, 0) is 5.41 Å². The van der Waals surface area contributed by atoms with Crippen molar-refractivity contribution in [3.8, 4) is 0 Å². The zero-order valence-corrected chi connectivity index (χ0v) is 12.6. The summed E-state index contributed by atoms with van der Waals surface area (Å²) < 4.78 is 13.1. The molecule has 3 rings (SSSR count). The van der Waals surface area contributed by atoms with E-state index >= 15 is 0 Å². The second kappa shape index (κ2) is 5.12. The zero-order chi connectivity index (χ0) is 14.2. The number of benzene rings is 1. The quantitative estimate of drug-likeness (QED) is 0.913. The Kier molecular flexibility index (Phi) is 3.59. The van der Waals surface area contributed by atoms with Crippen molar-refractivity contribution in [2.75, 3.05) is 32.7 Å². The van der Waals surface area contributed by atoms with Crippen LogP contribution in [-0.4, -0.2) is 37.6 Å². The molecule has 2 unspecified atom stereocenters. The Morgan fingerprint density at radius 3 is 2.60 bits per heavy atom. The summed E-state index contributed by atoms with van der Waals surface area (Å²) in [4.78, 5) is 2.59. The van der Waals surface area contributed by atoms with E-state index in [1.807, 2.05) is 12.1 Å². The third-order valence-corrected chi connectivity index (χ3v) is 5.16. The molecule has 20 heavy (non-hydrogen) atoms. The van der Waals surface area contributed by atoms with Crippen LogP contribution in [0.4, 0.5) is 4.39 Å². The van der Waals surface area contributed by atoms with Gasteiger partial charge in [-0.15, -0.1) is 0 Å². The Balaban J connectivity index is 1.67. The van der Waals surface area contributed by atoms with Crippen molar-refractivity contribution in [1.29, 1.82) is 0 Å². The fourth-order valence-electron chi connectivity index (χ4n) is 3.82. The first-order valence-electron chi connectivity index (χ1n) is 7.68. The minimum Gasteiger partial charge on any atom is -0.316 e. The third-order valence-electron chi connectivity index (χ3n) is 5.16. The molecule has 0 saturated carbocycles. The maximum Gasteiger partial charge on any atom is 0.123 e. The molecule has 0 spiro atoms. The van der Waals surface area contributed by atoms with E-state index in [4.69, 9.17) is 0 Å². The van der Waals surface area contributed by atoms with E-state index in [9.17, 15) is 4.39 Å². The van der Waals surface area contributed by atoms with Crippen molar-refractivity contribution in [1.82, 2.24) is 10.2 Å². The van der Waals surface area contributed by atoms with Crippen molar-refractivity contribution in [2.24, 2.45) is 5.41 Å². The molecule has 110 valence electrons. The molecule has 2 saturated heterocycles. The highest BCUT2D eigenvalue weighted by atomic mass is 19.1. The van der Waals surface area contributed by atoms with Gasteiger partial charge in [0.05, 0.1) is 0 Å². The molecular weight excluding hydrogens is 251 g/mol. The van der Waals surface area contributed by atoms with E-state index < -0.39 is 0 Å². The third kappa shape index (κ3) is 2.75. The molecule has 0 amide bonds. The number of likely N-dealkylation sites (tertiary alicyclic amines) is 1. The van der Waals surface area contributed by atoms with Crippen molar-refractivity contribution >= 4 is 0 Å². The van der Waals surface area contributed by atoms with Gasteiger partial charge >= 0.3 is 0 Å². The van der Waals surface area contributed by atoms with Crippen LogP contribution in [0.25, 0.3) is 0 Å². The Bertz CT molecular complexity index is 464. The molecule has 2 heterocycles. The lowest BCUT2D eigenvalue weighted by Crippen LogP contribution is -2.37. The molecule has 2 aliphatic heterocycles. The number of nitrogens with zero attached hydrogens (tertiary/aromatic N) is 1. The summed E-state index contributed by atoms with van der Waals surface area (Å²) in [5.41, 5.74) is 1.88. The molecule has 1 aromatic rings. The topological polar surface area (TPSA) is 15.3 Å². The van der Waals surface area contributed by atoms with Crippen LogP contribution in [0.5, 0.6) is 0 Å². The lowest BCUT2D eigenvalue weighted by molar-refractivity contribution is 0.201. The summed E-state index contributed by atoms with van der Waals surface area (Å²) in [7, 11) is 0. The normalized spacial score (nSPS) is 34.8. The Morgan fingerprint density at radius 2 is 1.95 bits per heavy atom. The van der Waals surface area contributed by atoms with Gasteiger partial charge in [-0.25, -0.2) is 4.39 Å². The molecule has 2 fully saturated rings. The van der Waals surface area contributed by atoms with E-state index in [2.05, 4.69) is 24.1 Å². The SMILES string of the molecule is CC1(CN2CCC(C)(c3ccc(F)cc3)C2)CCNC1. The van der Waals surface area contributed by atoms with Crippen LogP contribution in [0.15, 0.2) is 24.3 Å². The van der Waals surface area contributed by atoms with Crippen molar-refractivity contribution < 1.29 is 4.39 Å². The van der Waals surface area contributed by atoms with E-state index in [1.54, 1.807) is 12.1 Å². The molecule has 1 N–H and O–H groups in total. The summed E-state index contributed by atoms with van der Waals surface area (Å²) in [6.07, 6.45) is 2.44. The Hall–Kier alpha value is -0.930. The molecular formula is C17H25FN2. The second-order valence-corrected chi connectivity index (χ2v) is 7.27. The fourth-order valence-corrected chi connectivity index (χ4v) is 3.82. The largest absolute Gasteiger partial charge is 0.316 e. The van der Waals surface area contributed by atoms with Crippen LogP contribution in [0.1, 0.15) is 32.3 Å². The van der Waals surface area contributed by atoms with E-state index in [0.29, 0.717) is 5.41 Å². The highest BCUT2D eigenvalue weighted by Crippen LogP contribution is 2.36. The summed E-state index contributed by atoms with van der Waals surface area (Å²) >= 11 is 0. The number of nitrogens with one attached hydrogen (secondary N) is 1. The van der Waals surface area contributed by atoms with Gasteiger partial charge in [-0.05, 0) is 49.0 Å². The molecule has 2 nitrogen and oxygen atoms in total. The zero-order valence-electron chi connectivity index (χ0n) is 12.6. The first-order chi connectivity index (χ1) is 9.49. The highest BCUT2D eigenvalue weighted by molar-refractivity contribution is 5.27. The van der Waals surface area contributed by atoms with E-state index in [0.717, 1.165) is 26.2 Å². The van der Waals surface area contributed by atoms with Gasteiger partial charge in [-0.3, -0.25) is 0 Å². The summed E-state index contributed by atoms with van der Waals surface area (Å²) in [6.45, 7) is 10.4. The summed E-state index contributed by atoms with van der Waals surface area (Å²) in [5, 5.41) is 3.48. The molecule has 0 radical (unpaired) electrons. The smallest absolute Gasteiger partial charge is 0.123 e. The van der Waals surface area contributed by atoms with Crippen LogP contribution >= 0.6 is 0 Å². The lowest BCUT2D eigenvalue weighted by Gasteiger charge is -2.31. The lowest BCUT2D eigenvalue weighted by atomic mass is 9.82. The predicted molar refractivity (Wildman–Crippen MR) is 80.4 cm³/mol. The highest BCUT2D eigenvalue weighted by Gasteiger charge is 2.39. The minimum absolute atomic E-state index is 0.142. The average Bonchev–Trinajstić information content (AvgIpc) is 2.98. The summed E-state index contributed by atoms with van der Waals surface area (Å²) in [6, 6.07) is 7.09. The maximum atomic E-state index is 13.1.